The van der Waals surface area contributed by atoms with Crippen molar-refractivity contribution in [1.29, 1.82) is 0 Å². The van der Waals surface area contributed by atoms with Crippen LogP contribution >= 0.6 is 0 Å². The van der Waals surface area contributed by atoms with E-state index in [1.807, 2.05) is 37.3 Å². The van der Waals surface area contributed by atoms with E-state index < -0.39 is 6.04 Å². The van der Waals surface area contributed by atoms with Gasteiger partial charge in [0.25, 0.3) is 5.91 Å². The maximum atomic E-state index is 13.5. The molecule has 1 aliphatic heterocycles. The van der Waals surface area contributed by atoms with E-state index in [-0.39, 0.29) is 17.1 Å². The Balaban J connectivity index is 1.63. The molecule has 3 aromatic rings. The zero-order chi connectivity index (χ0) is 23.9. The van der Waals surface area contributed by atoms with Gasteiger partial charge in [-0.2, -0.15) is 0 Å². The van der Waals surface area contributed by atoms with Crippen molar-refractivity contribution in [3.8, 4) is 5.75 Å². The second-order valence-electron chi connectivity index (χ2n) is 8.60. The lowest BCUT2D eigenvalue weighted by atomic mass is 9.98. The number of fused-ring (bicyclic) bond motifs is 2. The van der Waals surface area contributed by atoms with Gasteiger partial charge in [0.1, 0.15) is 11.3 Å². The highest BCUT2D eigenvalue weighted by Crippen LogP contribution is 2.38. The van der Waals surface area contributed by atoms with Crippen LogP contribution in [0.25, 0.3) is 11.0 Å². The fourth-order valence-corrected chi connectivity index (χ4v) is 4.49. The van der Waals surface area contributed by atoms with Gasteiger partial charge in [-0.05, 0) is 49.6 Å². The molecular formula is C28H33NO5. The van der Waals surface area contributed by atoms with Gasteiger partial charge < -0.3 is 18.8 Å². The molecule has 0 bridgehead atoms. The number of benzene rings is 2. The van der Waals surface area contributed by atoms with Crippen LogP contribution in [-0.4, -0.2) is 37.2 Å². The van der Waals surface area contributed by atoms with Crippen molar-refractivity contribution in [2.75, 3.05) is 26.4 Å². The summed E-state index contributed by atoms with van der Waals surface area (Å²) in [7, 11) is 0. The van der Waals surface area contributed by atoms with Gasteiger partial charge >= 0.3 is 0 Å². The molecular weight excluding hydrogens is 430 g/mol. The molecule has 0 saturated heterocycles. The van der Waals surface area contributed by atoms with Gasteiger partial charge in [0.15, 0.2) is 5.43 Å². The first-order valence-corrected chi connectivity index (χ1v) is 12.3. The Morgan fingerprint density at radius 3 is 2.47 bits per heavy atom. The zero-order valence-corrected chi connectivity index (χ0v) is 20.0. The first kappa shape index (κ1) is 24.0. The lowest BCUT2D eigenvalue weighted by molar-refractivity contribution is 0.0696. The van der Waals surface area contributed by atoms with E-state index in [0.29, 0.717) is 49.3 Å². The Morgan fingerprint density at radius 1 is 0.912 bits per heavy atom. The van der Waals surface area contributed by atoms with E-state index in [1.54, 1.807) is 23.1 Å². The summed E-state index contributed by atoms with van der Waals surface area (Å²) >= 11 is 0. The van der Waals surface area contributed by atoms with Crippen molar-refractivity contribution >= 4 is 16.9 Å². The second kappa shape index (κ2) is 11.3. The third-order valence-corrected chi connectivity index (χ3v) is 6.23. The van der Waals surface area contributed by atoms with Gasteiger partial charge in [-0.25, -0.2) is 0 Å². The van der Waals surface area contributed by atoms with Gasteiger partial charge in [0.05, 0.1) is 23.6 Å². The highest BCUT2D eigenvalue weighted by molar-refractivity contribution is 5.99. The van der Waals surface area contributed by atoms with Crippen LogP contribution in [0.2, 0.25) is 0 Å². The summed E-state index contributed by atoms with van der Waals surface area (Å²) in [5.74, 6) is 0.676. The summed E-state index contributed by atoms with van der Waals surface area (Å²) < 4.78 is 17.3. The molecule has 1 amide bonds. The number of rotatable bonds is 12. The molecule has 0 saturated carbocycles. The fourth-order valence-electron chi connectivity index (χ4n) is 4.49. The number of nitrogens with zero attached hydrogens (tertiary/aromatic N) is 1. The van der Waals surface area contributed by atoms with Crippen molar-refractivity contribution in [2.24, 2.45) is 0 Å². The van der Waals surface area contributed by atoms with E-state index in [2.05, 4.69) is 6.92 Å². The number of hydrogen-bond acceptors (Lipinski definition) is 5. The minimum atomic E-state index is -0.497. The number of amides is 1. The molecule has 1 aromatic heterocycles. The van der Waals surface area contributed by atoms with Gasteiger partial charge in [0.2, 0.25) is 5.76 Å². The number of hydrogen-bond donors (Lipinski definition) is 0. The van der Waals surface area contributed by atoms with Crippen molar-refractivity contribution in [1.82, 2.24) is 4.90 Å². The third-order valence-electron chi connectivity index (χ3n) is 6.23. The topological polar surface area (TPSA) is 69.0 Å². The molecule has 6 nitrogen and oxygen atoms in total. The molecule has 2 aromatic carbocycles. The van der Waals surface area contributed by atoms with E-state index in [4.69, 9.17) is 13.9 Å². The van der Waals surface area contributed by atoms with Gasteiger partial charge in [-0.15, -0.1) is 0 Å². The SMILES string of the molecule is CCCCCCOc1ccc(C2c3c(oc4ccccc4c3=O)C(=O)N2CCCOCC)cc1. The van der Waals surface area contributed by atoms with Crippen LogP contribution in [-0.2, 0) is 4.74 Å². The highest BCUT2D eigenvalue weighted by Gasteiger charge is 2.42. The molecule has 1 unspecified atom stereocenters. The normalized spacial score (nSPS) is 15.2. The van der Waals surface area contributed by atoms with E-state index in [9.17, 15) is 9.59 Å². The number of carbonyl (C=O) groups excluding carboxylic acids is 1. The molecule has 0 aliphatic carbocycles. The molecule has 2 heterocycles. The zero-order valence-electron chi connectivity index (χ0n) is 20.0. The number of unbranched alkanes of at least 4 members (excludes halogenated alkanes) is 3. The van der Waals surface area contributed by atoms with Crippen molar-refractivity contribution in [3.05, 3.63) is 75.6 Å². The second-order valence-corrected chi connectivity index (χ2v) is 8.60. The Bertz CT molecular complexity index is 1170. The lowest BCUT2D eigenvalue weighted by Crippen LogP contribution is -2.31. The summed E-state index contributed by atoms with van der Waals surface area (Å²) in [6, 6.07) is 14.3. The van der Waals surface area contributed by atoms with Crippen LogP contribution in [0.15, 0.2) is 57.7 Å². The maximum Gasteiger partial charge on any atom is 0.290 e. The third kappa shape index (κ3) is 5.02. The fraction of sp³-hybridized carbons (Fsp3) is 0.429. The minimum absolute atomic E-state index is 0.140. The molecule has 0 fully saturated rings. The summed E-state index contributed by atoms with van der Waals surface area (Å²) in [6.45, 7) is 6.47. The van der Waals surface area contributed by atoms with Crippen LogP contribution < -0.4 is 10.2 Å². The summed E-state index contributed by atoms with van der Waals surface area (Å²) in [6.07, 6.45) is 5.28. The van der Waals surface area contributed by atoms with Gasteiger partial charge in [0, 0.05) is 19.8 Å². The predicted octanol–water partition coefficient (Wildman–Crippen LogP) is 5.72. The smallest absolute Gasteiger partial charge is 0.290 e. The molecule has 0 radical (unpaired) electrons. The molecule has 1 atom stereocenters. The van der Waals surface area contributed by atoms with Crippen molar-refractivity contribution in [2.45, 2.75) is 52.0 Å². The Kier molecular flexibility index (Phi) is 8.01. The van der Waals surface area contributed by atoms with Crippen LogP contribution in [0.5, 0.6) is 5.75 Å². The standard InChI is InChI=1S/C28H33NO5/c1-3-5-6-9-19-33-21-15-13-20(14-16-21)25-24-26(30)22-11-7-8-12-23(22)34-27(24)28(31)29(25)17-10-18-32-4-2/h7-8,11-16,25H,3-6,9-10,17-19H2,1-2H3. The quantitative estimate of drug-likeness (QED) is 0.321. The molecule has 34 heavy (non-hydrogen) atoms. The van der Waals surface area contributed by atoms with E-state index in [1.165, 1.54) is 12.8 Å². The Hall–Kier alpha value is -3.12. The van der Waals surface area contributed by atoms with E-state index >= 15 is 0 Å². The number of carbonyl (C=O) groups is 1. The Morgan fingerprint density at radius 2 is 1.71 bits per heavy atom. The summed E-state index contributed by atoms with van der Waals surface area (Å²) in [5.41, 5.74) is 1.55. The van der Waals surface area contributed by atoms with Crippen LogP contribution in [0.4, 0.5) is 0 Å². The van der Waals surface area contributed by atoms with Gasteiger partial charge in [-0.1, -0.05) is 50.5 Å². The average Bonchev–Trinajstić information content (AvgIpc) is 3.14. The number of para-hydroxylation sites is 1. The van der Waals surface area contributed by atoms with Crippen molar-refractivity contribution < 1.29 is 18.7 Å². The van der Waals surface area contributed by atoms with Gasteiger partial charge in [-0.3, -0.25) is 9.59 Å². The maximum absolute atomic E-state index is 13.5. The van der Waals surface area contributed by atoms with Crippen LogP contribution in [0, 0.1) is 0 Å². The summed E-state index contributed by atoms with van der Waals surface area (Å²) in [5, 5.41) is 0.488. The first-order valence-electron chi connectivity index (χ1n) is 12.3. The summed E-state index contributed by atoms with van der Waals surface area (Å²) in [4.78, 5) is 28.6. The van der Waals surface area contributed by atoms with Crippen molar-refractivity contribution in [3.63, 3.8) is 0 Å². The lowest BCUT2D eigenvalue weighted by Gasteiger charge is -2.25. The molecule has 4 rings (SSSR count). The average molecular weight is 464 g/mol. The monoisotopic (exact) mass is 463 g/mol. The van der Waals surface area contributed by atoms with E-state index in [0.717, 1.165) is 24.2 Å². The molecule has 0 N–H and O–H groups in total. The Labute approximate surface area is 200 Å². The van der Waals surface area contributed by atoms with Crippen LogP contribution in [0.3, 0.4) is 0 Å². The predicted molar refractivity (Wildman–Crippen MR) is 133 cm³/mol. The number of ether oxygens (including phenoxy) is 2. The van der Waals surface area contributed by atoms with Crippen LogP contribution in [0.1, 0.15) is 73.7 Å². The largest absolute Gasteiger partial charge is 0.494 e. The minimum Gasteiger partial charge on any atom is -0.494 e. The highest BCUT2D eigenvalue weighted by atomic mass is 16.5. The molecule has 0 spiro atoms. The molecule has 1 aliphatic rings. The molecule has 6 heteroatoms. The molecule has 180 valence electrons. The first-order chi connectivity index (χ1) is 16.7.